The number of nitrogens with one attached hydrogen (secondary N) is 1. The number of hydrogen-bond donors (Lipinski definition) is 2. The molecule has 3 rings (SSSR count). The molecule has 0 aliphatic heterocycles. The molecule has 1 aromatic heterocycles. The highest BCUT2D eigenvalue weighted by Crippen LogP contribution is 2.47. The van der Waals surface area contributed by atoms with Crippen molar-refractivity contribution in [3.63, 3.8) is 0 Å². The molecular formula is C16H16ClN3O4S. The first kappa shape index (κ1) is 17.7. The van der Waals surface area contributed by atoms with Crippen molar-refractivity contribution in [2.75, 3.05) is 0 Å². The number of hydrogen-bond acceptors (Lipinski definition) is 5. The lowest BCUT2D eigenvalue weighted by Crippen LogP contribution is -2.19. The summed E-state index contributed by atoms with van der Waals surface area (Å²) in [4.78, 5) is 11.7. The lowest BCUT2D eigenvalue weighted by molar-refractivity contribution is 0.0955. The number of sulfonamides is 1. The lowest BCUT2D eigenvalue weighted by Gasteiger charge is -2.04. The SMILES string of the molecule is C[C@@H]1C[C@@H]1c1ccc(/C=N\NC(=O)c2ccc(Cl)c(S(N)(=O)=O)c2)o1. The summed E-state index contributed by atoms with van der Waals surface area (Å²) >= 11 is 5.78. The van der Waals surface area contributed by atoms with Gasteiger partial charge in [-0.05, 0) is 42.7 Å². The molecule has 3 N–H and O–H groups in total. The Morgan fingerprint density at radius 3 is 2.76 bits per heavy atom. The molecule has 2 aromatic rings. The van der Waals surface area contributed by atoms with Crippen LogP contribution in [0, 0.1) is 5.92 Å². The molecule has 25 heavy (non-hydrogen) atoms. The highest BCUT2D eigenvalue weighted by atomic mass is 35.5. The zero-order valence-electron chi connectivity index (χ0n) is 13.3. The molecule has 1 aliphatic rings. The first-order chi connectivity index (χ1) is 11.8. The lowest BCUT2D eigenvalue weighted by atomic mass is 10.2. The molecule has 132 valence electrons. The Morgan fingerprint density at radius 2 is 2.12 bits per heavy atom. The molecule has 2 atom stereocenters. The summed E-state index contributed by atoms with van der Waals surface area (Å²) in [6, 6.07) is 7.44. The summed E-state index contributed by atoms with van der Waals surface area (Å²) in [5.74, 6) is 1.93. The van der Waals surface area contributed by atoms with Gasteiger partial charge >= 0.3 is 0 Å². The van der Waals surface area contributed by atoms with Crippen molar-refractivity contribution in [2.24, 2.45) is 16.2 Å². The van der Waals surface area contributed by atoms with Crippen molar-refractivity contribution in [1.29, 1.82) is 0 Å². The van der Waals surface area contributed by atoms with Crippen LogP contribution >= 0.6 is 11.6 Å². The van der Waals surface area contributed by atoms with Crippen LogP contribution < -0.4 is 10.6 Å². The zero-order valence-corrected chi connectivity index (χ0v) is 14.8. The van der Waals surface area contributed by atoms with Crippen LogP contribution in [0.2, 0.25) is 5.02 Å². The smallest absolute Gasteiger partial charge is 0.271 e. The second-order valence-corrected chi connectivity index (χ2v) is 7.89. The Bertz CT molecular complexity index is 952. The summed E-state index contributed by atoms with van der Waals surface area (Å²) < 4.78 is 28.5. The first-order valence-corrected chi connectivity index (χ1v) is 9.43. The molecule has 1 aromatic carbocycles. The number of primary sulfonamides is 1. The average Bonchev–Trinajstić information content (AvgIpc) is 3.07. The molecule has 0 unspecified atom stereocenters. The molecule has 1 heterocycles. The van der Waals surface area contributed by atoms with Gasteiger partial charge in [-0.3, -0.25) is 4.79 Å². The van der Waals surface area contributed by atoms with Gasteiger partial charge in [0.15, 0.2) is 0 Å². The van der Waals surface area contributed by atoms with Gasteiger partial charge in [-0.25, -0.2) is 19.0 Å². The minimum Gasteiger partial charge on any atom is -0.460 e. The summed E-state index contributed by atoms with van der Waals surface area (Å²) in [6.45, 7) is 2.16. The highest BCUT2D eigenvalue weighted by Gasteiger charge is 2.36. The van der Waals surface area contributed by atoms with Crippen molar-refractivity contribution in [3.05, 3.63) is 52.4 Å². The molecule has 1 amide bonds. The maximum absolute atomic E-state index is 12.1. The van der Waals surface area contributed by atoms with Crippen LogP contribution in [0.3, 0.4) is 0 Å². The van der Waals surface area contributed by atoms with Crippen LogP contribution in [0.4, 0.5) is 0 Å². The topological polar surface area (TPSA) is 115 Å². The van der Waals surface area contributed by atoms with E-state index >= 15 is 0 Å². The van der Waals surface area contributed by atoms with Gasteiger partial charge in [0.25, 0.3) is 5.91 Å². The second-order valence-electron chi connectivity index (χ2n) is 5.95. The minimum atomic E-state index is -4.02. The Hall–Kier alpha value is -2.16. The van der Waals surface area contributed by atoms with Crippen LogP contribution in [0.5, 0.6) is 0 Å². The molecule has 9 heteroatoms. The number of furan rings is 1. The third-order valence-corrected chi connectivity index (χ3v) is 5.37. The van der Waals surface area contributed by atoms with E-state index in [1.807, 2.05) is 6.07 Å². The first-order valence-electron chi connectivity index (χ1n) is 7.51. The predicted octanol–water partition coefficient (Wildman–Crippen LogP) is 2.47. The number of rotatable bonds is 5. The summed E-state index contributed by atoms with van der Waals surface area (Å²) in [5.41, 5.74) is 2.37. The summed E-state index contributed by atoms with van der Waals surface area (Å²) in [7, 11) is -4.02. The molecule has 0 radical (unpaired) electrons. The van der Waals surface area contributed by atoms with E-state index in [0.29, 0.717) is 17.6 Å². The van der Waals surface area contributed by atoms with Gasteiger partial charge in [0.05, 0.1) is 11.2 Å². The van der Waals surface area contributed by atoms with Gasteiger partial charge < -0.3 is 4.42 Å². The van der Waals surface area contributed by atoms with E-state index in [1.54, 1.807) is 6.07 Å². The van der Waals surface area contributed by atoms with Gasteiger partial charge in [-0.15, -0.1) is 0 Å². The normalized spacial score (nSPS) is 20.0. The van der Waals surface area contributed by atoms with E-state index in [2.05, 4.69) is 17.5 Å². The Balaban J connectivity index is 1.67. The largest absolute Gasteiger partial charge is 0.460 e. The molecule has 0 bridgehead atoms. The van der Waals surface area contributed by atoms with Crippen LogP contribution in [-0.2, 0) is 10.0 Å². The number of hydrazone groups is 1. The average molecular weight is 382 g/mol. The number of benzene rings is 1. The van der Waals surface area contributed by atoms with Gasteiger partial charge in [0.2, 0.25) is 10.0 Å². The Labute approximate surface area is 149 Å². The van der Waals surface area contributed by atoms with Crippen LogP contribution in [0.25, 0.3) is 0 Å². The molecule has 0 saturated heterocycles. The molecule has 0 spiro atoms. The maximum Gasteiger partial charge on any atom is 0.271 e. The van der Waals surface area contributed by atoms with Crippen LogP contribution in [-0.4, -0.2) is 20.5 Å². The van der Waals surface area contributed by atoms with Crippen molar-refractivity contribution < 1.29 is 17.6 Å². The quantitative estimate of drug-likeness (QED) is 0.611. The van der Waals surface area contributed by atoms with Crippen LogP contribution in [0.15, 0.2) is 44.7 Å². The summed E-state index contributed by atoms with van der Waals surface area (Å²) in [6.07, 6.45) is 2.49. The predicted molar refractivity (Wildman–Crippen MR) is 93.1 cm³/mol. The van der Waals surface area contributed by atoms with E-state index < -0.39 is 15.9 Å². The number of halogens is 1. The number of amides is 1. The monoisotopic (exact) mass is 381 g/mol. The molecule has 1 aliphatic carbocycles. The van der Waals surface area contributed by atoms with Crippen molar-refractivity contribution in [2.45, 2.75) is 24.2 Å². The van der Waals surface area contributed by atoms with E-state index in [4.69, 9.17) is 21.2 Å². The van der Waals surface area contributed by atoms with Crippen molar-refractivity contribution in [1.82, 2.24) is 5.43 Å². The third-order valence-electron chi connectivity index (χ3n) is 3.98. The Morgan fingerprint density at radius 1 is 1.40 bits per heavy atom. The highest BCUT2D eigenvalue weighted by molar-refractivity contribution is 7.89. The second kappa shape index (κ2) is 6.62. The Kier molecular flexibility index (Phi) is 4.68. The van der Waals surface area contributed by atoms with E-state index in [-0.39, 0.29) is 15.5 Å². The van der Waals surface area contributed by atoms with Crippen LogP contribution in [0.1, 0.15) is 41.1 Å². The fraction of sp³-hybridized carbons (Fsp3) is 0.250. The molecule has 1 saturated carbocycles. The molecule has 7 nitrogen and oxygen atoms in total. The number of carbonyl (C=O) groups excluding carboxylic acids is 1. The molecular weight excluding hydrogens is 366 g/mol. The summed E-state index contributed by atoms with van der Waals surface area (Å²) in [5, 5.41) is 8.82. The van der Waals surface area contributed by atoms with Gasteiger partial charge in [-0.1, -0.05) is 18.5 Å². The fourth-order valence-corrected chi connectivity index (χ4v) is 3.51. The fourth-order valence-electron chi connectivity index (χ4n) is 2.44. The standard InChI is InChI=1S/C16H16ClN3O4S/c1-9-6-12(9)14-5-3-11(24-14)8-19-20-16(21)10-2-4-13(17)15(7-10)25(18,22)23/h2-5,7-9,12H,6H2,1H3,(H,20,21)(H2,18,22,23)/b19-8-/t9-,12+/m1/s1. The van der Waals surface area contributed by atoms with Gasteiger partial charge in [0.1, 0.15) is 16.4 Å². The third kappa shape index (κ3) is 4.09. The van der Waals surface area contributed by atoms with E-state index in [0.717, 1.165) is 18.2 Å². The minimum absolute atomic E-state index is 0.0556. The van der Waals surface area contributed by atoms with Crippen molar-refractivity contribution >= 4 is 33.7 Å². The van der Waals surface area contributed by atoms with Gasteiger partial charge in [-0.2, -0.15) is 5.10 Å². The zero-order chi connectivity index (χ0) is 18.2. The maximum atomic E-state index is 12.1. The van der Waals surface area contributed by atoms with E-state index in [1.165, 1.54) is 18.3 Å². The number of nitrogens with zero attached hydrogens (tertiary/aromatic N) is 1. The van der Waals surface area contributed by atoms with Crippen molar-refractivity contribution in [3.8, 4) is 0 Å². The molecule has 1 fully saturated rings. The van der Waals surface area contributed by atoms with E-state index in [9.17, 15) is 13.2 Å². The van der Waals surface area contributed by atoms with Gasteiger partial charge in [0, 0.05) is 11.5 Å². The number of nitrogens with two attached hydrogens (primary N) is 1. The number of carbonyl (C=O) groups is 1.